The number of thiazole rings is 1. The fraction of sp³-hybridized carbons (Fsp3) is 0.118. The summed E-state index contributed by atoms with van der Waals surface area (Å²) in [4.78, 5) is 4.69. The lowest BCUT2D eigenvalue weighted by molar-refractivity contribution is 0.410. The summed E-state index contributed by atoms with van der Waals surface area (Å²) in [6.07, 6.45) is 0.748. The number of hydrogen-bond acceptors (Lipinski definition) is 4. The number of para-hydroxylation sites is 1. The third-order valence-corrected chi connectivity index (χ3v) is 4.57. The molecule has 5 heteroatoms. The number of nitrogens with two attached hydrogens (primary N) is 1. The van der Waals surface area contributed by atoms with Crippen LogP contribution in [-0.2, 0) is 6.42 Å². The van der Waals surface area contributed by atoms with Gasteiger partial charge in [-0.3, -0.25) is 0 Å². The standard InChI is InChI=1S/C17H15ClN2OS/c1-21-16-5-3-2-4-12(16)9-17-20-15(10-22-17)11-6-7-13(18)14(19)8-11/h2-8,10H,9,19H2,1H3. The van der Waals surface area contributed by atoms with E-state index in [9.17, 15) is 0 Å². The number of rotatable bonds is 4. The van der Waals surface area contributed by atoms with E-state index < -0.39 is 0 Å². The Kier molecular flexibility index (Phi) is 4.32. The highest BCUT2D eigenvalue weighted by Crippen LogP contribution is 2.29. The predicted molar refractivity (Wildman–Crippen MR) is 92.8 cm³/mol. The molecule has 2 aromatic carbocycles. The first-order valence-corrected chi connectivity index (χ1v) is 8.05. The van der Waals surface area contributed by atoms with Crippen LogP contribution in [0, 0.1) is 0 Å². The summed E-state index contributed by atoms with van der Waals surface area (Å²) in [6.45, 7) is 0. The minimum absolute atomic E-state index is 0.563. The lowest BCUT2D eigenvalue weighted by Crippen LogP contribution is -1.93. The first-order chi connectivity index (χ1) is 10.7. The minimum atomic E-state index is 0.563. The largest absolute Gasteiger partial charge is 0.496 e. The molecule has 3 rings (SSSR count). The van der Waals surface area contributed by atoms with Crippen LogP contribution in [0.3, 0.4) is 0 Å². The Morgan fingerprint density at radius 2 is 2.05 bits per heavy atom. The summed E-state index contributed by atoms with van der Waals surface area (Å²) in [5.41, 5.74) is 9.44. The Labute approximate surface area is 138 Å². The van der Waals surface area contributed by atoms with Crippen LogP contribution in [0.4, 0.5) is 5.69 Å². The molecule has 0 aliphatic rings. The second-order valence-corrected chi connectivity index (χ2v) is 6.20. The van der Waals surface area contributed by atoms with Crippen LogP contribution in [0.1, 0.15) is 10.6 Å². The van der Waals surface area contributed by atoms with Gasteiger partial charge in [0, 0.05) is 22.9 Å². The van der Waals surface area contributed by atoms with E-state index in [1.807, 2.05) is 35.7 Å². The average molecular weight is 331 g/mol. The molecular formula is C17H15ClN2OS. The molecule has 0 aliphatic heterocycles. The smallest absolute Gasteiger partial charge is 0.122 e. The quantitative estimate of drug-likeness (QED) is 0.708. The van der Waals surface area contributed by atoms with Crippen LogP contribution in [0.25, 0.3) is 11.3 Å². The van der Waals surface area contributed by atoms with Crippen molar-refractivity contribution in [1.29, 1.82) is 0 Å². The molecule has 0 amide bonds. The highest BCUT2D eigenvalue weighted by Gasteiger charge is 2.09. The minimum Gasteiger partial charge on any atom is -0.496 e. The maximum atomic E-state index is 5.96. The van der Waals surface area contributed by atoms with Gasteiger partial charge < -0.3 is 10.5 Å². The number of aromatic nitrogens is 1. The SMILES string of the molecule is COc1ccccc1Cc1nc(-c2ccc(Cl)c(N)c2)cs1. The molecule has 0 fully saturated rings. The molecule has 0 radical (unpaired) electrons. The van der Waals surface area contributed by atoms with Gasteiger partial charge in [0.15, 0.2) is 0 Å². The average Bonchev–Trinajstić information content (AvgIpc) is 2.99. The summed E-state index contributed by atoms with van der Waals surface area (Å²) in [6, 6.07) is 13.6. The Bertz CT molecular complexity index is 801. The number of nitrogens with zero attached hydrogens (tertiary/aromatic N) is 1. The summed E-state index contributed by atoms with van der Waals surface area (Å²) < 4.78 is 5.38. The van der Waals surface area contributed by atoms with Crippen molar-refractivity contribution in [1.82, 2.24) is 4.98 Å². The van der Waals surface area contributed by atoms with Gasteiger partial charge in [-0.15, -0.1) is 11.3 Å². The molecule has 2 N–H and O–H groups in total. The van der Waals surface area contributed by atoms with Gasteiger partial charge in [0.1, 0.15) is 5.75 Å². The van der Waals surface area contributed by atoms with Crippen molar-refractivity contribution in [2.75, 3.05) is 12.8 Å². The molecule has 3 aromatic rings. The predicted octanol–water partition coefficient (Wildman–Crippen LogP) is 4.65. The van der Waals surface area contributed by atoms with E-state index in [4.69, 9.17) is 22.1 Å². The van der Waals surface area contributed by atoms with Gasteiger partial charge in [-0.2, -0.15) is 0 Å². The van der Waals surface area contributed by atoms with E-state index in [-0.39, 0.29) is 0 Å². The number of anilines is 1. The van der Waals surface area contributed by atoms with Crippen molar-refractivity contribution in [2.24, 2.45) is 0 Å². The van der Waals surface area contributed by atoms with E-state index in [1.54, 1.807) is 24.5 Å². The van der Waals surface area contributed by atoms with Crippen LogP contribution in [0.15, 0.2) is 47.8 Å². The normalized spacial score (nSPS) is 10.6. The Hall–Kier alpha value is -2.04. The lowest BCUT2D eigenvalue weighted by Gasteiger charge is -2.06. The molecule has 3 nitrogen and oxygen atoms in total. The highest BCUT2D eigenvalue weighted by molar-refractivity contribution is 7.10. The van der Waals surface area contributed by atoms with E-state index in [1.165, 1.54) is 0 Å². The van der Waals surface area contributed by atoms with Crippen molar-refractivity contribution in [3.8, 4) is 17.0 Å². The zero-order valence-corrected chi connectivity index (χ0v) is 13.6. The molecule has 0 aliphatic carbocycles. The summed E-state index contributed by atoms with van der Waals surface area (Å²) >= 11 is 7.59. The molecule has 112 valence electrons. The van der Waals surface area contributed by atoms with Crippen molar-refractivity contribution in [3.05, 3.63) is 63.4 Å². The van der Waals surface area contributed by atoms with Crippen molar-refractivity contribution < 1.29 is 4.74 Å². The third-order valence-electron chi connectivity index (χ3n) is 3.38. The van der Waals surface area contributed by atoms with Crippen LogP contribution in [-0.4, -0.2) is 12.1 Å². The first kappa shape index (κ1) is 14.9. The monoisotopic (exact) mass is 330 g/mol. The van der Waals surface area contributed by atoms with Gasteiger partial charge in [-0.05, 0) is 18.2 Å². The Morgan fingerprint density at radius 3 is 2.82 bits per heavy atom. The van der Waals surface area contributed by atoms with Gasteiger partial charge >= 0.3 is 0 Å². The van der Waals surface area contributed by atoms with Crippen molar-refractivity contribution >= 4 is 28.6 Å². The van der Waals surface area contributed by atoms with Gasteiger partial charge in [0.2, 0.25) is 0 Å². The van der Waals surface area contributed by atoms with Crippen LogP contribution in [0.5, 0.6) is 5.75 Å². The first-order valence-electron chi connectivity index (χ1n) is 6.79. The number of ether oxygens (including phenoxy) is 1. The zero-order valence-electron chi connectivity index (χ0n) is 12.0. The Balaban J connectivity index is 1.86. The molecule has 0 saturated heterocycles. The molecule has 1 aromatic heterocycles. The fourth-order valence-electron chi connectivity index (χ4n) is 2.24. The topological polar surface area (TPSA) is 48.1 Å². The van der Waals surface area contributed by atoms with Gasteiger partial charge in [0.05, 0.1) is 28.5 Å². The third kappa shape index (κ3) is 3.08. The molecule has 22 heavy (non-hydrogen) atoms. The van der Waals surface area contributed by atoms with Crippen molar-refractivity contribution in [3.63, 3.8) is 0 Å². The molecule has 0 unspecified atom stereocenters. The molecular weight excluding hydrogens is 316 g/mol. The summed E-state index contributed by atoms with van der Waals surface area (Å²) in [5.74, 6) is 0.884. The maximum absolute atomic E-state index is 5.96. The number of halogens is 1. The number of nitrogen functional groups attached to an aromatic ring is 1. The van der Waals surface area contributed by atoms with Crippen LogP contribution >= 0.6 is 22.9 Å². The number of benzene rings is 2. The van der Waals surface area contributed by atoms with Crippen LogP contribution in [0.2, 0.25) is 5.02 Å². The molecule has 0 spiro atoms. The summed E-state index contributed by atoms with van der Waals surface area (Å²) in [5, 5.41) is 3.63. The van der Waals surface area contributed by atoms with E-state index in [0.717, 1.165) is 34.0 Å². The second kappa shape index (κ2) is 6.38. The van der Waals surface area contributed by atoms with E-state index in [0.29, 0.717) is 10.7 Å². The van der Waals surface area contributed by atoms with Crippen LogP contribution < -0.4 is 10.5 Å². The highest BCUT2D eigenvalue weighted by atomic mass is 35.5. The number of hydrogen-bond donors (Lipinski definition) is 1. The van der Waals surface area contributed by atoms with Gasteiger partial charge in [0.25, 0.3) is 0 Å². The van der Waals surface area contributed by atoms with Crippen molar-refractivity contribution in [2.45, 2.75) is 6.42 Å². The molecule has 0 saturated carbocycles. The van der Waals surface area contributed by atoms with E-state index in [2.05, 4.69) is 11.1 Å². The second-order valence-electron chi connectivity index (χ2n) is 4.85. The Morgan fingerprint density at radius 1 is 1.23 bits per heavy atom. The number of methoxy groups -OCH3 is 1. The molecule has 0 atom stereocenters. The molecule has 0 bridgehead atoms. The lowest BCUT2D eigenvalue weighted by atomic mass is 10.1. The van der Waals surface area contributed by atoms with Gasteiger partial charge in [-0.1, -0.05) is 35.9 Å². The zero-order chi connectivity index (χ0) is 15.5. The van der Waals surface area contributed by atoms with E-state index >= 15 is 0 Å². The maximum Gasteiger partial charge on any atom is 0.122 e. The fourth-order valence-corrected chi connectivity index (χ4v) is 3.18. The van der Waals surface area contributed by atoms with Gasteiger partial charge in [-0.25, -0.2) is 4.98 Å². The molecule has 1 heterocycles. The summed E-state index contributed by atoms with van der Waals surface area (Å²) in [7, 11) is 1.68.